The number of halogens is 2. The van der Waals surface area contributed by atoms with Crippen molar-refractivity contribution >= 4 is 40.1 Å². The SMILES string of the molecule is C[C@H]1c2ccc(Cl)cc2CCN1C(=O)CNc1cc2cc(CCCNC(=O)OC(C)(C)C)oc(=O)c2cc1F. The van der Waals surface area contributed by atoms with E-state index < -0.39 is 23.1 Å². The second-order valence-electron chi connectivity index (χ2n) is 10.7. The summed E-state index contributed by atoms with van der Waals surface area (Å²) in [4.78, 5) is 39.0. The molecule has 2 heterocycles. The van der Waals surface area contributed by atoms with Gasteiger partial charge < -0.3 is 24.7 Å². The summed E-state index contributed by atoms with van der Waals surface area (Å²) in [6.07, 6.45) is 1.08. The number of carbonyl (C=O) groups is 2. The van der Waals surface area contributed by atoms with Crippen LogP contribution in [-0.2, 0) is 22.4 Å². The predicted octanol–water partition coefficient (Wildman–Crippen LogP) is 5.60. The molecule has 2 amide bonds. The van der Waals surface area contributed by atoms with E-state index in [0.717, 1.165) is 17.2 Å². The number of benzene rings is 2. The maximum Gasteiger partial charge on any atom is 0.407 e. The maximum absolute atomic E-state index is 14.8. The first-order valence-electron chi connectivity index (χ1n) is 13.0. The van der Waals surface area contributed by atoms with Crippen molar-refractivity contribution < 1.29 is 23.1 Å². The minimum absolute atomic E-state index is 0.0969. The van der Waals surface area contributed by atoms with E-state index in [4.69, 9.17) is 20.8 Å². The summed E-state index contributed by atoms with van der Waals surface area (Å²) < 4.78 is 25.4. The fraction of sp³-hybridized carbons (Fsp3) is 0.414. The van der Waals surface area contributed by atoms with Crippen LogP contribution < -0.4 is 16.3 Å². The third kappa shape index (κ3) is 7.09. The molecule has 8 nitrogen and oxygen atoms in total. The standard InChI is InChI=1S/C29H33ClFN3O5/c1-17-22-8-7-20(30)12-18(22)9-11-34(17)26(35)16-33-25-14-19-13-21(38-27(36)23(19)15-24(25)31)6-5-10-32-28(37)39-29(2,3)4/h7-8,12-15,17,33H,5-6,9-11,16H2,1-4H3,(H,32,37)/t17-/m0/s1. The summed E-state index contributed by atoms with van der Waals surface area (Å²) in [6, 6.07) is 9.86. The van der Waals surface area contributed by atoms with Gasteiger partial charge in [0.05, 0.1) is 23.7 Å². The molecule has 0 aliphatic carbocycles. The van der Waals surface area contributed by atoms with Gasteiger partial charge in [-0.2, -0.15) is 0 Å². The van der Waals surface area contributed by atoms with Crippen molar-refractivity contribution in [2.24, 2.45) is 0 Å². The normalized spacial score (nSPS) is 15.1. The minimum atomic E-state index is -0.649. The van der Waals surface area contributed by atoms with Crippen LogP contribution in [-0.4, -0.2) is 42.1 Å². The number of carbonyl (C=O) groups excluding carboxylic acids is 2. The summed E-state index contributed by atoms with van der Waals surface area (Å²) in [5, 5.41) is 6.83. The van der Waals surface area contributed by atoms with E-state index in [0.29, 0.717) is 48.5 Å². The fourth-order valence-electron chi connectivity index (χ4n) is 4.70. The van der Waals surface area contributed by atoms with Gasteiger partial charge in [-0.05, 0) is 87.4 Å². The quantitative estimate of drug-likeness (QED) is 0.367. The number of alkyl carbamates (subject to hydrolysis) is 1. The van der Waals surface area contributed by atoms with Gasteiger partial charge in [0.25, 0.3) is 0 Å². The first-order valence-corrected chi connectivity index (χ1v) is 13.3. The summed E-state index contributed by atoms with van der Waals surface area (Å²) in [7, 11) is 0. The Bertz CT molecular complexity index is 1450. The average molecular weight is 558 g/mol. The lowest BCUT2D eigenvalue weighted by Crippen LogP contribution is -2.41. The Kier molecular flexibility index (Phi) is 8.49. The zero-order chi connectivity index (χ0) is 28.3. The van der Waals surface area contributed by atoms with Crippen molar-refractivity contribution in [3.8, 4) is 0 Å². The number of aryl methyl sites for hydroxylation is 1. The van der Waals surface area contributed by atoms with E-state index >= 15 is 0 Å². The number of hydrogen-bond acceptors (Lipinski definition) is 6. The summed E-state index contributed by atoms with van der Waals surface area (Å²) in [5.74, 6) is -0.398. The van der Waals surface area contributed by atoms with Crippen LogP contribution in [0.25, 0.3) is 10.8 Å². The van der Waals surface area contributed by atoms with Gasteiger partial charge in [-0.1, -0.05) is 17.7 Å². The Hall–Kier alpha value is -3.59. The van der Waals surface area contributed by atoms with Crippen molar-refractivity contribution in [3.63, 3.8) is 0 Å². The number of rotatable bonds is 7. The number of hydrogen-bond donors (Lipinski definition) is 2. The third-order valence-electron chi connectivity index (χ3n) is 6.56. The molecule has 0 unspecified atom stereocenters. The number of nitrogens with zero attached hydrogens (tertiary/aromatic N) is 1. The Balaban J connectivity index is 1.39. The van der Waals surface area contributed by atoms with Gasteiger partial charge in [0.2, 0.25) is 5.91 Å². The molecule has 10 heteroatoms. The van der Waals surface area contributed by atoms with Crippen LogP contribution in [0.1, 0.15) is 57.0 Å². The number of fused-ring (bicyclic) bond motifs is 2. The van der Waals surface area contributed by atoms with Crippen LogP contribution in [0.3, 0.4) is 0 Å². The zero-order valence-corrected chi connectivity index (χ0v) is 23.3. The molecule has 0 bridgehead atoms. The van der Waals surface area contributed by atoms with Crippen LogP contribution in [0.5, 0.6) is 0 Å². The summed E-state index contributed by atoms with van der Waals surface area (Å²) in [5.41, 5.74) is 1.06. The molecule has 208 valence electrons. The highest BCUT2D eigenvalue weighted by Gasteiger charge is 2.27. The number of amides is 2. The number of nitrogens with one attached hydrogen (secondary N) is 2. The van der Waals surface area contributed by atoms with E-state index in [1.165, 1.54) is 6.07 Å². The van der Waals surface area contributed by atoms with Gasteiger partial charge in [0.15, 0.2) is 0 Å². The molecule has 0 spiro atoms. The van der Waals surface area contributed by atoms with Crippen molar-refractivity contribution in [2.45, 2.75) is 58.6 Å². The highest BCUT2D eigenvalue weighted by atomic mass is 35.5. The zero-order valence-electron chi connectivity index (χ0n) is 22.5. The topological polar surface area (TPSA) is 101 Å². The van der Waals surface area contributed by atoms with Gasteiger partial charge in [0, 0.05) is 24.5 Å². The first kappa shape index (κ1) is 28.4. The lowest BCUT2D eigenvalue weighted by Gasteiger charge is -2.35. The van der Waals surface area contributed by atoms with Crippen LogP contribution in [0.2, 0.25) is 5.02 Å². The van der Waals surface area contributed by atoms with Gasteiger partial charge in [-0.25, -0.2) is 14.0 Å². The summed E-state index contributed by atoms with van der Waals surface area (Å²) >= 11 is 6.11. The predicted molar refractivity (Wildman–Crippen MR) is 149 cm³/mol. The molecule has 2 N–H and O–H groups in total. The number of ether oxygens (including phenoxy) is 1. The molecular formula is C29H33ClFN3O5. The highest BCUT2D eigenvalue weighted by Crippen LogP contribution is 2.31. The van der Waals surface area contributed by atoms with Crippen molar-refractivity contribution in [1.29, 1.82) is 0 Å². The first-order chi connectivity index (χ1) is 18.4. The highest BCUT2D eigenvalue weighted by molar-refractivity contribution is 6.30. The van der Waals surface area contributed by atoms with E-state index in [1.54, 1.807) is 31.7 Å². The van der Waals surface area contributed by atoms with E-state index in [2.05, 4.69) is 10.6 Å². The number of anilines is 1. The Morgan fingerprint density at radius 1 is 1.21 bits per heavy atom. The second-order valence-corrected chi connectivity index (χ2v) is 11.1. The largest absolute Gasteiger partial charge is 0.444 e. The molecule has 4 rings (SSSR count). The lowest BCUT2D eigenvalue weighted by molar-refractivity contribution is -0.131. The van der Waals surface area contributed by atoms with Gasteiger partial charge in [-0.15, -0.1) is 0 Å². The molecular weight excluding hydrogens is 525 g/mol. The monoisotopic (exact) mass is 557 g/mol. The van der Waals surface area contributed by atoms with Crippen LogP contribution in [0.15, 0.2) is 45.6 Å². The fourth-order valence-corrected chi connectivity index (χ4v) is 4.90. The second kappa shape index (κ2) is 11.7. The molecule has 1 aromatic heterocycles. The van der Waals surface area contributed by atoms with Crippen molar-refractivity contribution in [2.75, 3.05) is 25.0 Å². The molecule has 1 aliphatic rings. The minimum Gasteiger partial charge on any atom is -0.444 e. The van der Waals surface area contributed by atoms with Crippen molar-refractivity contribution in [1.82, 2.24) is 10.2 Å². The molecule has 0 saturated carbocycles. The molecule has 1 aliphatic heterocycles. The third-order valence-corrected chi connectivity index (χ3v) is 6.80. The molecule has 1 atom stereocenters. The Labute approximate surface area is 231 Å². The van der Waals surface area contributed by atoms with E-state index in [1.807, 2.05) is 25.1 Å². The molecule has 39 heavy (non-hydrogen) atoms. The smallest absolute Gasteiger partial charge is 0.407 e. The molecule has 0 radical (unpaired) electrons. The molecule has 3 aromatic rings. The van der Waals surface area contributed by atoms with Gasteiger partial charge >= 0.3 is 11.7 Å². The van der Waals surface area contributed by atoms with Crippen LogP contribution in [0, 0.1) is 5.82 Å². The van der Waals surface area contributed by atoms with Gasteiger partial charge in [0.1, 0.15) is 17.2 Å². The summed E-state index contributed by atoms with van der Waals surface area (Å²) in [6.45, 7) is 8.08. The van der Waals surface area contributed by atoms with Crippen LogP contribution >= 0.6 is 11.6 Å². The average Bonchev–Trinajstić information content (AvgIpc) is 2.85. The molecule has 0 saturated heterocycles. The Morgan fingerprint density at radius 3 is 2.72 bits per heavy atom. The van der Waals surface area contributed by atoms with E-state index in [-0.39, 0.29) is 29.6 Å². The van der Waals surface area contributed by atoms with Gasteiger partial charge in [-0.3, -0.25) is 4.79 Å². The molecule has 2 aromatic carbocycles. The lowest BCUT2D eigenvalue weighted by atomic mass is 9.93. The maximum atomic E-state index is 14.8. The van der Waals surface area contributed by atoms with E-state index in [9.17, 15) is 18.8 Å². The molecule has 0 fully saturated rings. The van der Waals surface area contributed by atoms with Crippen molar-refractivity contribution in [3.05, 3.63) is 74.5 Å². The Morgan fingerprint density at radius 2 is 1.97 bits per heavy atom. The van der Waals surface area contributed by atoms with Crippen LogP contribution in [0.4, 0.5) is 14.9 Å².